The van der Waals surface area contributed by atoms with Crippen LogP contribution in [0.2, 0.25) is 0 Å². The van der Waals surface area contributed by atoms with E-state index in [-0.39, 0.29) is 0 Å². The van der Waals surface area contributed by atoms with Gasteiger partial charge in [-0.05, 0) is 67.8 Å². The largest absolute Gasteiger partial charge is 0.497 e. The second-order valence-electron chi connectivity index (χ2n) is 7.72. The Morgan fingerprint density at radius 3 is 2.52 bits per heavy atom. The first kappa shape index (κ1) is 18.1. The van der Waals surface area contributed by atoms with Crippen LogP contribution >= 0.6 is 0 Å². The molecular weight excluding hydrogens is 332 g/mol. The summed E-state index contributed by atoms with van der Waals surface area (Å²) in [7, 11) is 3.97. The van der Waals surface area contributed by atoms with E-state index >= 15 is 0 Å². The number of hydrogen-bond donors (Lipinski definition) is 0. The number of likely N-dealkylation sites (N-methyl/N-ethyl adjacent to an activating group) is 1. The van der Waals surface area contributed by atoms with Crippen LogP contribution < -0.4 is 4.74 Å². The molecule has 2 heterocycles. The van der Waals surface area contributed by atoms with Crippen LogP contribution in [0, 0.1) is 0 Å². The topological polar surface area (TPSA) is 17.4 Å². The van der Waals surface area contributed by atoms with E-state index in [0.717, 1.165) is 38.1 Å². The molecule has 0 aliphatic carbocycles. The standard InChI is InChI=1S/C24H30N2O/c1-5-18-8-11-22-21(16-18)24-17(2)25(3)14-13-23(24)26(22)15-12-19-6-9-20(27-4)10-7-19/h6-11,16-17H,5,12-15H2,1-4H3. The maximum Gasteiger partial charge on any atom is 0.118 e. The molecule has 0 N–H and O–H groups in total. The number of benzene rings is 2. The number of ether oxygens (including phenoxy) is 1. The zero-order valence-corrected chi connectivity index (χ0v) is 17.0. The molecule has 2 aromatic carbocycles. The molecule has 0 bridgehead atoms. The molecule has 27 heavy (non-hydrogen) atoms. The number of hydrogen-bond acceptors (Lipinski definition) is 2. The van der Waals surface area contributed by atoms with Crippen molar-refractivity contribution in [2.75, 3.05) is 20.7 Å². The van der Waals surface area contributed by atoms with Crippen molar-refractivity contribution >= 4 is 10.9 Å². The van der Waals surface area contributed by atoms with Crippen LogP contribution in [-0.4, -0.2) is 30.2 Å². The highest BCUT2D eigenvalue weighted by atomic mass is 16.5. The first-order valence-corrected chi connectivity index (χ1v) is 10.1. The summed E-state index contributed by atoms with van der Waals surface area (Å²) in [6.45, 7) is 6.75. The molecule has 1 atom stereocenters. The highest BCUT2D eigenvalue weighted by molar-refractivity contribution is 5.87. The molecule has 0 saturated heterocycles. The molecule has 0 fully saturated rings. The van der Waals surface area contributed by atoms with E-state index in [1.807, 2.05) is 0 Å². The monoisotopic (exact) mass is 362 g/mol. The maximum atomic E-state index is 5.29. The molecule has 0 saturated carbocycles. The summed E-state index contributed by atoms with van der Waals surface area (Å²) >= 11 is 0. The Bertz CT molecular complexity index is 939. The van der Waals surface area contributed by atoms with Crippen molar-refractivity contribution in [1.29, 1.82) is 0 Å². The third-order valence-corrected chi connectivity index (χ3v) is 6.25. The molecule has 3 nitrogen and oxygen atoms in total. The van der Waals surface area contributed by atoms with Gasteiger partial charge in [0, 0.05) is 42.1 Å². The van der Waals surface area contributed by atoms with Crippen molar-refractivity contribution in [3.8, 4) is 5.75 Å². The smallest absolute Gasteiger partial charge is 0.118 e. The molecule has 0 spiro atoms. The molecular formula is C24H30N2O. The first-order valence-electron chi connectivity index (χ1n) is 10.1. The van der Waals surface area contributed by atoms with Gasteiger partial charge in [-0.3, -0.25) is 4.90 Å². The zero-order valence-electron chi connectivity index (χ0n) is 17.0. The third-order valence-electron chi connectivity index (χ3n) is 6.25. The molecule has 4 rings (SSSR count). The Kier molecular flexibility index (Phi) is 4.96. The van der Waals surface area contributed by atoms with E-state index in [9.17, 15) is 0 Å². The molecule has 1 aliphatic heterocycles. The fourth-order valence-electron chi connectivity index (χ4n) is 4.42. The van der Waals surface area contributed by atoms with E-state index in [1.54, 1.807) is 12.7 Å². The van der Waals surface area contributed by atoms with Gasteiger partial charge < -0.3 is 9.30 Å². The predicted octanol–water partition coefficient (Wildman–Crippen LogP) is 5.00. The van der Waals surface area contributed by atoms with E-state index in [0.29, 0.717) is 6.04 Å². The minimum atomic E-state index is 0.477. The van der Waals surface area contributed by atoms with Crippen LogP contribution in [0.5, 0.6) is 5.75 Å². The van der Waals surface area contributed by atoms with Crippen LogP contribution in [0.3, 0.4) is 0 Å². The highest BCUT2D eigenvalue weighted by Gasteiger charge is 2.27. The summed E-state index contributed by atoms with van der Waals surface area (Å²) in [6, 6.07) is 16.0. The number of fused-ring (bicyclic) bond motifs is 3. The Morgan fingerprint density at radius 2 is 1.81 bits per heavy atom. The lowest BCUT2D eigenvalue weighted by Gasteiger charge is -2.31. The minimum absolute atomic E-state index is 0.477. The molecule has 1 aromatic heterocycles. The number of aromatic nitrogens is 1. The van der Waals surface area contributed by atoms with Gasteiger partial charge in [0.15, 0.2) is 0 Å². The van der Waals surface area contributed by atoms with Gasteiger partial charge in [0.1, 0.15) is 5.75 Å². The van der Waals surface area contributed by atoms with Crippen molar-refractivity contribution < 1.29 is 4.74 Å². The second-order valence-corrected chi connectivity index (χ2v) is 7.72. The first-order chi connectivity index (χ1) is 13.1. The maximum absolute atomic E-state index is 5.29. The quantitative estimate of drug-likeness (QED) is 0.635. The lowest BCUT2D eigenvalue weighted by molar-refractivity contribution is 0.245. The molecule has 1 aliphatic rings. The Morgan fingerprint density at radius 1 is 1.07 bits per heavy atom. The SMILES string of the molecule is CCc1ccc2c(c1)c1c(n2CCc2ccc(OC)cc2)CCN(C)C1C. The van der Waals surface area contributed by atoms with Gasteiger partial charge in [0.2, 0.25) is 0 Å². The van der Waals surface area contributed by atoms with E-state index in [1.165, 1.54) is 27.7 Å². The van der Waals surface area contributed by atoms with Crippen molar-refractivity contribution in [2.45, 2.75) is 45.7 Å². The van der Waals surface area contributed by atoms with E-state index < -0.39 is 0 Å². The lowest BCUT2D eigenvalue weighted by atomic mass is 9.96. The van der Waals surface area contributed by atoms with E-state index in [2.05, 4.69) is 72.8 Å². The average Bonchev–Trinajstić information content (AvgIpc) is 3.02. The number of methoxy groups -OCH3 is 1. The molecule has 3 aromatic rings. The van der Waals surface area contributed by atoms with Gasteiger partial charge in [-0.15, -0.1) is 0 Å². The fraction of sp³-hybridized carbons (Fsp3) is 0.417. The van der Waals surface area contributed by atoms with Gasteiger partial charge in [0.25, 0.3) is 0 Å². The van der Waals surface area contributed by atoms with Gasteiger partial charge in [-0.2, -0.15) is 0 Å². The summed E-state index contributed by atoms with van der Waals surface area (Å²) in [4.78, 5) is 2.48. The molecule has 1 unspecified atom stereocenters. The molecule has 0 radical (unpaired) electrons. The number of nitrogens with zero attached hydrogens (tertiary/aromatic N) is 2. The van der Waals surface area contributed by atoms with Gasteiger partial charge >= 0.3 is 0 Å². The van der Waals surface area contributed by atoms with Gasteiger partial charge in [-0.1, -0.05) is 25.1 Å². The van der Waals surface area contributed by atoms with Gasteiger partial charge in [-0.25, -0.2) is 0 Å². The lowest BCUT2D eigenvalue weighted by Crippen LogP contribution is -2.31. The fourth-order valence-corrected chi connectivity index (χ4v) is 4.42. The van der Waals surface area contributed by atoms with Crippen LogP contribution in [0.1, 0.15) is 42.3 Å². The molecule has 142 valence electrons. The van der Waals surface area contributed by atoms with Crippen LogP contribution in [0.25, 0.3) is 10.9 Å². The molecule has 0 amide bonds. The van der Waals surface area contributed by atoms with Crippen molar-refractivity contribution in [3.05, 3.63) is 64.8 Å². The number of rotatable bonds is 5. The number of aryl methyl sites for hydroxylation is 3. The summed E-state index contributed by atoms with van der Waals surface area (Å²) in [5.41, 5.74) is 7.27. The zero-order chi connectivity index (χ0) is 19.0. The Balaban J connectivity index is 1.73. The normalized spacial score (nSPS) is 17.3. The predicted molar refractivity (Wildman–Crippen MR) is 113 cm³/mol. The van der Waals surface area contributed by atoms with Crippen molar-refractivity contribution in [1.82, 2.24) is 9.47 Å². The summed E-state index contributed by atoms with van der Waals surface area (Å²) < 4.78 is 7.87. The van der Waals surface area contributed by atoms with E-state index in [4.69, 9.17) is 4.74 Å². The Hall–Kier alpha value is -2.26. The molecule has 3 heteroatoms. The van der Waals surface area contributed by atoms with Crippen molar-refractivity contribution in [2.24, 2.45) is 0 Å². The second kappa shape index (κ2) is 7.40. The average molecular weight is 363 g/mol. The van der Waals surface area contributed by atoms with Crippen molar-refractivity contribution in [3.63, 3.8) is 0 Å². The summed E-state index contributed by atoms with van der Waals surface area (Å²) in [6.07, 6.45) is 3.26. The minimum Gasteiger partial charge on any atom is -0.497 e. The van der Waals surface area contributed by atoms with Gasteiger partial charge in [0.05, 0.1) is 7.11 Å². The van der Waals surface area contributed by atoms with Crippen LogP contribution in [0.4, 0.5) is 0 Å². The summed E-state index contributed by atoms with van der Waals surface area (Å²) in [5.74, 6) is 0.923. The highest BCUT2D eigenvalue weighted by Crippen LogP contribution is 2.37. The van der Waals surface area contributed by atoms with Crippen LogP contribution in [0.15, 0.2) is 42.5 Å². The third kappa shape index (κ3) is 3.25. The van der Waals surface area contributed by atoms with Crippen LogP contribution in [-0.2, 0) is 25.8 Å². The Labute approximate surface area is 162 Å². The summed E-state index contributed by atoms with van der Waals surface area (Å²) in [5, 5.41) is 1.46.